The molecule has 31 heavy (non-hydrogen) atoms. The first kappa shape index (κ1) is 19.9. The van der Waals surface area contributed by atoms with Gasteiger partial charge in [0.05, 0.1) is 20.1 Å². The first-order valence-corrected chi connectivity index (χ1v) is 11.9. The fraction of sp³-hybridized carbons (Fsp3) is 0.143. The Kier molecular flexibility index (Phi) is 5.05. The van der Waals surface area contributed by atoms with E-state index in [0.29, 0.717) is 10.0 Å². The molecule has 5 aromatic rings. The fourth-order valence-electron chi connectivity index (χ4n) is 3.09. The standard InChI is InChI=1S/C21H18N6OS3/c1-26(2)21-25-19-14(30-21)11-13(29-19)18(28)24-20-23-15(12-7-5-4-6-8-12)16(31-20)17-22-9-10-27(17)3/h4-11H,1-3H3,(H,23,24,28). The van der Waals surface area contributed by atoms with Crippen LogP contribution in [0.25, 0.3) is 31.5 Å². The van der Waals surface area contributed by atoms with Crippen LogP contribution in [0.1, 0.15) is 9.67 Å². The third-order valence-electron chi connectivity index (χ3n) is 4.60. The van der Waals surface area contributed by atoms with Gasteiger partial charge in [-0.15, -0.1) is 11.3 Å². The van der Waals surface area contributed by atoms with E-state index in [1.54, 1.807) is 17.5 Å². The number of fused-ring (bicyclic) bond motifs is 1. The van der Waals surface area contributed by atoms with E-state index in [4.69, 9.17) is 4.98 Å². The van der Waals surface area contributed by atoms with Crippen molar-refractivity contribution in [2.24, 2.45) is 7.05 Å². The second-order valence-corrected chi connectivity index (χ2v) is 10.1. The highest BCUT2D eigenvalue weighted by atomic mass is 32.1. The molecule has 0 aliphatic carbocycles. The van der Waals surface area contributed by atoms with Crippen LogP contribution in [0.15, 0.2) is 48.8 Å². The van der Waals surface area contributed by atoms with Crippen LogP contribution in [0, 0.1) is 0 Å². The van der Waals surface area contributed by atoms with Crippen LogP contribution in [0.4, 0.5) is 10.3 Å². The zero-order valence-corrected chi connectivity index (χ0v) is 19.4. The Bertz CT molecular complexity index is 1350. The normalized spacial score (nSPS) is 11.2. The highest BCUT2D eigenvalue weighted by molar-refractivity contribution is 7.29. The SMILES string of the molecule is CN(C)c1nc2sc(C(=O)Nc3nc(-c4ccccc4)c(-c4nccn4C)s3)cc2s1. The third-order valence-corrected chi connectivity index (χ3v) is 7.90. The third kappa shape index (κ3) is 3.73. The molecular weight excluding hydrogens is 448 g/mol. The summed E-state index contributed by atoms with van der Waals surface area (Å²) in [6.07, 6.45) is 3.66. The number of thiophene rings is 1. The maximum absolute atomic E-state index is 12.9. The first-order chi connectivity index (χ1) is 15.0. The summed E-state index contributed by atoms with van der Waals surface area (Å²) in [5, 5.41) is 4.44. The van der Waals surface area contributed by atoms with Gasteiger partial charge in [0, 0.05) is 39.1 Å². The molecule has 0 spiro atoms. The minimum Gasteiger partial charge on any atom is -0.354 e. The van der Waals surface area contributed by atoms with Gasteiger partial charge >= 0.3 is 0 Å². The van der Waals surface area contributed by atoms with Crippen molar-refractivity contribution in [1.82, 2.24) is 19.5 Å². The van der Waals surface area contributed by atoms with Crippen molar-refractivity contribution in [3.8, 4) is 22.0 Å². The van der Waals surface area contributed by atoms with E-state index < -0.39 is 0 Å². The topological polar surface area (TPSA) is 75.9 Å². The Morgan fingerprint density at radius 1 is 1.10 bits per heavy atom. The lowest BCUT2D eigenvalue weighted by molar-refractivity contribution is 0.103. The first-order valence-electron chi connectivity index (χ1n) is 9.42. The number of imidazole rings is 1. The van der Waals surface area contributed by atoms with Gasteiger partial charge in [-0.1, -0.05) is 53.0 Å². The Hall–Kier alpha value is -3.08. The molecule has 0 fully saturated rings. The largest absolute Gasteiger partial charge is 0.354 e. The average Bonchev–Trinajstić information content (AvgIpc) is 3.50. The number of nitrogens with zero attached hydrogens (tertiary/aromatic N) is 5. The lowest BCUT2D eigenvalue weighted by Gasteiger charge is -2.04. The smallest absolute Gasteiger partial charge is 0.267 e. The predicted octanol–water partition coefficient (Wildman–Crippen LogP) is 5.20. The number of carbonyl (C=O) groups excluding carboxylic acids is 1. The number of hydrogen-bond acceptors (Lipinski definition) is 8. The van der Waals surface area contributed by atoms with Crippen molar-refractivity contribution in [3.63, 3.8) is 0 Å². The van der Waals surface area contributed by atoms with Gasteiger partial charge < -0.3 is 9.47 Å². The minimum absolute atomic E-state index is 0.179. The van der Waals surface area contributed by atoms with E-state index in [1.807, 2.05) is 73.2 Å². The van der Waals surface area contributed by atoms with Gasteiger partial charge in [0.1, 0.15) is 4.83 Å². The monoisotopic (exact) mass is 466 g/mol. The van der Waals surface area contributed by atoms with E-state index in [9.17, 15) is 4.79 Å². The number of aryl methyl sites for hydroxylation is 1. The average molecular weight is 467 g/mol. The summed E-state index contributed by atoms with van der Waals surface area (Å²) in [5.74, 6) is 0.634. The van der Waals surface area contributed by atoms with Gasteiger partial charge in [-0.05, 0) is 6.07 Å². The molecule has 0 atom stereocenters. The Labute approximate surface area is 190 Å². The lowest BCUT2D eigenvalue weighted by atomic mass is 10.1. The number of thiazole rings is 2. The molecule has 1 N–H and O–H groups in total. The molecular formula is C21H18N6OS3. The van der Waals surface area contributed by atoms with Crippen molar-refractivity contribution >= 4 is 59.7 Å². The highest BCUT2D eigenvalue weighted by Gasteiger charge is 2.21. The van der Waals surface area contributed by atoms with E-state index in [1.165, 1.54) is 22.7 Å². The summed E-state index contributed by atoms with van der Waals surface area (Å²) in [7, 11) is 5.87. The van der Waals surface area contributed by atoms with Crippen LogP contribution in [-0.2, 0) is 7.05 Å². The Morgan fingerprint density at radius 2 is 1.90 bits per heavy atom. The number of anilines is 2. The Morgan fingerprint density at radius 3 is 2.58 bits per heavy atom. The lowest BCUT2D eigenvalue weighted by Crippen LogP contribution is -2.09. The molecule has 156 valence electrons. The second-order valence-electron chi connectivity index (χ2n) is 7.05. The van der Waals surface area contributed by atoms with Gasteiger partial charge in [0.2, 0.25) is 0 Å². The molecule has 0 unspecified atom stereocenters. The van der Waals surface area contributed by atoms with Crippen LogP contribution in [-0.4, -0.2) is 39.5 Å². The molecule has 4 heterocycles. The molecule has 5 rings (SSSR count). The summed E-state index contributed by atoms with van der Waals surface area (Å²) in [6.45, 7) is 0. The summed E-state index contributed by atoms with van der Waals surface area (Å²) in [6, 6.07) is 11.8. The van der Waals surface area contributed by atoms with Crippen molar-refractivity contribution < 1.29 is 4.79 Å². The molecule has 0 aliphatic heterocycles. The maximum Gasteiger partial charge on any atom is 0.267 e. The van der Waals surface area contributed by atoms with E-state index in [2.05, 4.69) is 15.3 Å². The number of amides is 1. The van der Waals surface area contributed by atoms with Gasteiger partial charge in [0.15, 0.2) is 16.1 Å². The van der Waals surface area contributed by atoms with E-state index in [-0.39, 0.29) is 5.91 Å². The van der Waals surface area contributed by atoms with E-state index in [0.717, 1.165) is 36.6 Å². The second kappa shape index (κ2) is 7.88. The molecule has 0 radical (unpaired) electrons. The minimum atomic E-state index is -0.179. The number of aromatic nitrogens is 4. The van der Waals surface area contributed by atoms with Gasteiger partial charge in [0.25, 0.3) is 5.91 Å². The molecule has 4 aromatic heterocycles. The van der Waals surface area contributed by atoms with Crippen LogP contribution in [0.5, 0.6) is 0 Å². The zero-order chi connectivity index (χ0) is 21.5. The van der Waals surface area contributed by atoms with Crippen molar-refractivity contribution in [3.05, 3.63) is 53.7 Å². The van der Waals surface area contributed by atoms with Crippen LogP contribution in [0.2, 0.25) is 0 Å². The van der Waals surface area contributed by atoms with Crippen LogP contribution >= 0.6 is 34.0 Å². The van der Waals surface area contributed by atoms with Gasteiger partial charge in [-0.3, -0.25) is 10.1 Å². The van der Waals surface area contributed by atoms with Crippen LogP contribution < -0.4 is 10.2 Å². The number of nitrogens with one attached hydrogen (secondary N) is 1. The maximum atomic E-state index is 12.9. The Balaban J connectivity index is 1.48. The molecule has 1 aromatic carbocycles. The number of benzene rings is 1. The quantitative estimate of drug-likeness (QED) is 0.385. The summed E-state index contributed by atoms with van der Waals surface area (Å²) in [4.78, 5) is 31.1. The number of rotatable bonds is 5. The molecule has 0 aliphatic rings. The number of carbonyl (C=O) groups is 1. The van der Waals surface area contributed by atoms with Crippen molar-refractivity contribution in [1.29, 1.82) is 0 Å². The van der Waals surface area contributed by atoms with Gasteiger partial charge in [-0.25, -0.2) is 15.0 Å². The molecule has 0 saturated carbocycles. The predicted molar refractivity (Wildman–Crippen MR) is 130 cm³/mol. The number of hydrogen-bond donors (Lipinski definition) is 1. The molecule has 0 saturated heterocycles. The van der Waals surface area contributed by atoms with Crippen molar-refractivity contribution in [2.45, 2.75) is 0 Å². The van der Waals surface area contributed by atoms with Crippen LogP contribution in [0.3, 0.4) is 0 Å². The fourth-order valence-corrected chi connectivity index (χ4v) is 6.14. The molecule has 10 heteroatoms. The highest BCUT2D eigenvalue weighted by Crippen LogP contribution is 2.39. The summed E-state index contributed by atoms with van der Waals surface area (Å²) >= 11 is 4.39. The summed E-state index contributed by atoms with van der Waals surface area (Å²) < 4.78 is 2.96. The van der Waals surface area contributed by atoms with Crippen molar-refractivity contribution in [2.75, 3.05) is 24.3 Å². The van der Waals surface area contributed by atoms with E-state index >= 15 is 0 Å². The summed E-state index contributed by atoms with van der Waals surface area (Å²) in [5.41, 5.74) is 1.79. The molecule has 7 nitrogen and oxygen atoms in total. The zero-order valence-electron chi connectivity index (χ0n) is 17.0. The molecule has 1 amide bonds. The van der Waals surface area contributed by atoms with Gasteiger partial charge in [-0.2, -0.15) is 0 Å². The molecule has 0 bridgehead atoms.